The summed E-state index contributed by atoms with van der Waals surface area (Å²) in [5.74, 6) is 0.408. The molecule has 0 radical (unpaired) electrons. The van der Waals surface area contributed by atoms with Gasteiger partial charge in [-0.15, -0.1) is 0 Å². The molecule has 5 nitrogen and oxygen atoms in total. The van der Waals surface area contributed by atoms with Crippen molar-refractivity contribution in [2.24, 2.45) is 0 Å². The number of carbonyl (C=O) groups is 1. The number of carbonyl (C=O) groups excluding carboxylic acids is 1. The third kappa shape index (κ3) is 4.15. The fourth-order valence-electron chi connectivity index (χ4n) is 2.14. The van der Waals surface area contributed by atoms with Gasteiger partial charge in [-0.05, 0) is 29.8 Å². The highest BCUT2D eigenvalue weighted by Gasteiger charge is 2.09. The second-order valence-corrected chi connectivity index (χ2v) is 5.25. The highest BCUT2D eigenvalue weighted by Crippen LogP contribution is 2.28. The highest BCUT2D eigenvalue weighted by molar-refractivity contribution is 6.33. The van der Waals surface area contributed by atoms with Crippen molar-refractivity contribution < 1.29 is 9.53 Å². The van der Waals surface area contributed by atoms with Crippen LogP contribution in [-0.4, -0.2) is 13.0 Å². The fourth-order valence-corrected chi connectivity index (χ4v) is 2.38. The van der Waals surface area contributed by atoms with Gasteiger partial charge in [0, 0.05) is 13.5 Å². The standard InChI is InChI=1S/C17H16ClN3O2/c1-11(22)21-15-8-12(6-7-16(15)23-2)10-20-17-13(9-19)4-3-5-14(17)18/h3-8,20H,10H2,1-2H3,(H,21,22). The van der Waals surface area contributed by atoms with Crippen molar-refractivity contribution in [3.05, 3.63) is 52.5 Å². The van der Waals surface area contributed by atoms with E-state index in [9.17, 15) is 4.79 Å². The van der Waals surface area contributed by atoms with Gasteiger partial charge in [0.05, 0.1) is 29.1 Å². The first-order valence-corrected chi connectivity index (χ1v) is 7.30. The lowest BCUT2D eigenvalue weighted by Crippen LogP contribution is -2.08. The molecule has 1 amide bonds. The van der Waals surface area contributed by atoms with E-state index in [0.29, 0.717) is 34.3 Å². The van der Waals surface area contributed by atoms with Gasteiger partial charge in [-0.25, -0.2) is 0 Å². The fraction of sp³-hybridized carbons (Fsp3) is 0.176. The van der Waals surface area contributed by atoms with Crippen LogP contribution in [-0.2, 0) is 11.3 Å². The second kappa shape index (κ2) is 7.52. The minimum absolute atomic E-state index is 0.175. The summed E-state index contributed by atoms with van der Waals surface area (Å²) < 4.78 is 5.22. The Labute approximate surface area is 139 Å². The van der Waals surface area contributed by atoms with Crippen LogP contribution in [0.15, 0.2) is 36.4 Å². The molecule has 0 saturated carbocycles. The molecule has 0 aromatic heterocycles. The Hall–Kier alpha value is -2.71. The maximum Gasteiger partial charge on any atom is 0.221 e. The molecule has 2 aromatic rings. The second-order valence-electron chi connectivity index (χ2n) is 4.84. The Morgan fingerprint density at radius 1 is 1.35 bits per heavy atom. The van der Waals surface area contributed by atoms with Crippen LogP contribution in [0.1, 0.15) is 18.1 Å². The number of methoxy groups -OCH3 is 1. The van der Waals surface area contributed by atoms with E-state index in [4.69, 9.17) is 21.6 Å². The van der Waals surface area contributed by atoms with Crippen molar-refractivity contribution in [1.82, 2.24) is 0 Å². The molecule has 0 spiro atoms. The van der Waals surface area contributed by atoms with E-state index in [1.54, 1.807) is 31.4 Å². The molecule has 23 heavy (non-hydrogen) atoms. The average Bonchev–Trinajstić information content (AvgIpc) is 2.53. The number of ether oxygens (including phenoxy) is 1. The molecule has 0 saturated heterocycles. The number of anilines is 2. The lowest BCUT2D eigenvalue weighted by Gasteiger charge is -2.13. The van der Waals surface area contributed by atoms with Gasteiger partial charge in [0.15, 0.2) is 0 Å². The molecule has 2 rings (SSSR count). The zero-order valence-corrected chi connectivity index (χ0v) is 13.6. The Morgan fingerprint density at radius 2 is 2.13 bits per heavy atom. The SMILES string of the molecule is COc1ccc(CNc2c(Cl)cccc2C#N)cc1NC(C)=O. The normalized spacial score (nSPS) is 9.83. The van der Waals surface area contributed by atoms with Crippen LogP contribution in [0.3, 0.4) is 0 Å². The maximum absolute atomic E-state index is 11.3. The summed E-state index contributed by atoms with van der Waals surface area (Å²) in [5.41, 5.74) is 2.58. The molecule has 0 aliphatic carbocycles. The zero-order valence-electron chi connectivity index (χ0n) is 12.8. The minimum Gasteiger partial charge on any atom is -0.495 e. The lowest BCUT2D eigenvalue weighted by atomic mass is 10.1. The zero-order chi connectivity index (χ0) is 16.8. The first kappa shape index (κ1) is 16.7. The summed E-state index contributed by atoms with van der Waals surface area (Å²) >= 11 is 6.13. The summed E-state index contributed by atoms with van der Waals surface area (Å²) in [6.07, 6.45) is 0. The maximum atomic E-state index is 11.3. The number of halogens is 1. The summed E-state index contributed by atoms with van der Waals surface area (Å²) in [5, 5.41) is 15.5. The van der Waals surface area contributed by atoms with E-state index in [-0.39, 0.29) is 5.91 Å². The van der Waals surface area contributed by atoms with Gasteiger partial charge in [-0.3, -0.25) is 4.79 Å². The molecule has 118 valence electrons. The van der Waals surface area contributed by atoms with Gasteiger partial charge in [0.1, 0.15) is 11.8 Å². The van der Waals surface area contributed by atoms with Crippen LogP contribution in [0.4, 0.5) is 11.4 Å². The summed E-state index contributed by atoms with van der Waals surface area (Å²) in [4.78, 5) is 11.3. The van der Waals surface area contributed by atoms with Crippen LogP contribution in [0, 0.1) is 11.3 Å². The molecule has 2 aromatic carbocycles. The molecular weight excluding hydrogens is 314 g/mol. The topological polar surface area (TPSA) is 74.2 Å². The largest absolute Gasteiger partial charge is 0.495 e. The Morgan fingerprint density at radius 3 is 2.78 bits per heavy atom. The van der Waals surface area contributed by atoms with E-state index in [1.165, 1.54) is 6.92 Å². The molecule has 0 heterocycles. The van der Waals surface area contributed by atoms with Crippen LogP contribution < -0.4 is 15.4 Å². The summed E-state index contributed by atoms with van der Waals surface area (Å²) in [6, 6.07) is 12.7. The van der Waals surface area contributed by atoms with Crippen LogP contribution in [0.2, 0.25) is 5.02 Å². The Kier molecular flexibility index (Phi) is 5.45. The molecule has 2 N–H and O–H groups in total. The van der Waals surface area contributed by atoms with Crippen molar-refractivity contribution >= 4 is 28.9 Å². The number of nitriles is 1. The van der Waals surface area contributed by atoms with Crippen molar-refractivity contribution in [2.75, 3.05) is 17.7 Å². The summed E-state index contributed by atoms with van der Waals surface area (Å²) in [6.45, 7) is 1.89. The number of para-hydroxylation sites is 1. The van der Waals surface area contributed by atoms with Crippen LogP contribution in [0.25, 0.3) is 0 Å². The van der Waals surface area contributed by atoms with E-state index in [0.717, 1.165) is 5.56 Å². The number of rotatable bonds is 5. The lowest BCUT2D eigenvalue weighted by molar-refractivity contribution is -0.114. The summed E-state index contributed by atoms with van der Waals surface area (Å²) in [7, 11) is 1.54. The first-order valence-electron chi connectivity index (χ1n) is 6.92. The third-order valence-corrected chi connectivity index (χ3v) is 3.49. The van der Waals surface area contributed by atoms with Gasteiger partial charge >= 0.3 is 0 Å². The van der Waals surface area contributed by atoms with E-state index in [2.05, 4.69) is 16.7 Å². The predicted molar refractivity (Wildman–Crippen MR) is 90.8 cm³/mol. The predicted octanol–water partition coefficient (Wildman–Crippen LogP) is 3.79. The van der Waals surface area contributed by atoms with Gasteiger partial charge in [-0.1, -0.05) is 23.7 Å². The molecule has 0 bridgehead atoms. The minimum atomic E-state index is -0.175. The van der Waals surface area contributed by atoms with Gasteiger partial charge in [0.25, 0.3) is 0 Å². The van der Waals surface area contributed by atoms with Crippen molar-refractivity contribution in [3.8, 4) is 11.8 Å². The average molecular weight is 330 g/mol. The monoisotopic (exact) mass is 329 g/mol. The van der Waals surface area contributed by atoms with Gasteiger partial charge < -0.3 is 15.4 Å². The molecule has 0 fully saturated rings. The molecular formula is C17H16ClN3O2. The van der Waals surface area contributed by atoms with Crippen LogP contribution >= 0.6 is 11.6 Å². The van der Waals surface area contributed by atoms with E-state index >= 15 is 0 Å². The molecule has 0 aliphatic rings. The van der Waals surface area contributed by atoms with E-state index in [1.807, 2.05) is 12.1 Å². The molecule has 0 aliphatic heterocycles. The Bertz CT molecular complexity index is 769. The van der Waals surface area contributed by atoms with Crippen molar-refractivity contribution in [1.29, 1.82) is 5.26 Å². The number of benzene rings is 2. The quantitative estimate of drug-likeness (QED) is 0.875. The van der Waals surface area contributed by atoms with Gasteiger partial charge in [0.2, 0.25) is 5.91 Å². The number of nitrogens with zero attached hydrogens (tertiary/aromatic N) is 1. The molecule has 6 heteroatoms. The number of amides is 1. The van der Waals surface area contributed by atoms with Crippen molar-refractivity contribution in [3.63, 3.8) is 0 Å². The first-order chi connectivity index (χ1) is 11.0. The molecule has 0 unspecified atom stereocenters. The third-order valence-electron chi connectivity index (χ3n) is 3.18. The Balaban J connectivity index is 2.22. The highest BCUT2D eigenvalue weighted by atomic mass is 35.5. The molecule has 0 atom stereocenters. The van der Waals surface area contributed by atoms with Crippen molar-refractivity contribution in [2.45, 2.75) is 13.5 Å². The van der Waals surface area contributed by atoms with E-state index < -0.39 is 0 Å². The number of hydrogen-bond donors (Lipinski definition) is 2. The number of hydrogen-bond acceptors (Lipinski definition) is 4. The smallest absolute Gasteiger partial charge is 0.221 e. The van der Waals surface area contributed by atoms with Crippen LogP contribution in [0.5, 0.6) is 5.75 Å². The number of nitrogens with one attached hydrogen (secondary N) is 2. The van der Waals surface area contributed by atoms with Gasteiger partial charge in [-0.2, -0.15) is 5.26 Å².